The van der Waals surface area contributed by atoms with Crippen molar-refractivity contribution in [3.8, 4) is 17.0 Å². The van der Waals surface area contributed by atoms with E-state index in [9.17, 15) is 4.79 Å². The van der Waals surface area contributed by atoms with E-state index < -0.39 is 5.97 Å². The van der Waals surface area contributed by atoms with Crippen LogP contribution in [0.1, 0.15) is 16.7 Å². The van der Waals surface area contributed by atoms with E-state index in [1.807, 2.05) is 24.3 Å². The fourth-order valence-corrected chi connectivity index (χ4v) is 5.06. The number of anilines is 2. The number of carbonyl (C=O) groups is 1. The average Bonchev–Trinajstić information content (AvgIpc) is 2.95. The molecule has 5 rings (SSSR count). The summed E-state index contributed by atoms with van der Waals surface area (Å²) in [5.41, 5.74) is 11.7. The molecule has 0 spiro atoms. The van der Waals surface area contributed by atoms with Gasteiger partial charge in [-0.2, -0.15) is 4.98 Å². The second kappa shape index (κ2) is 12.9. The number of aliphatic carboxylic acids is 1. The number of nitrogen functional groups attached to an aromatic ring is 1. The highest BCUT2D eigenvalue weighted by molar-refractivity contribution is 5.76. The van der Waals surface area contributed by atoms with Crippen molar-refractivity contribution >= 4 is 17.7 Å². The fourth-order valence-electron chi connectivity index (χ4n) is 5.06. The quantitative estimate of drug-likeness (QED) is 0.336. The molecule has 0 saturated carbocycles. The Hall–Kier alpha value is -3.73. The maximum atomic E-state index is 10.5. The van der Waals surface area contributed by atoms with Crippen LogP contribution < -0.4 is 15.4 Å². The highest BCUT2D eigenvalue weighted by Gasteiger charge is 2.27. The zero-order chi connectivity index (χ0) is 27.0. The maximum absolute atomic E-state index is 10.5. The van der Waals surface area contributed by atoms with Crippen molar-refractivity contribution in [2.24, 2.45) is 0 Å². The molecule has 1 aliphatic heterocycles. The highest BCUT2D eigenvalue weighted by Crippen LogP contribution is 2.38. The number of carboxylic acid groups (broad SMARTS) is 1. The minimum atomic E-state index is -0.970. The molecule has 0 amide bonds. The molecule has 3 aromatic rings. The summed E-state index contributed by atoms with van der Waals surface area (Å²) in [5.74, 6) is 1.12. The molecule has 2 heterocycles. The molecule has 1 fully saturated rings. The van der Waals surface area contributed by atoms with E-state index in [4.69, 9.17) is 25.1 Å². The van der Waals surface area contributed by atoms with E-state index in [0.29, 0.717) is 25.8 Å². The molecule has 3 N–H and O–H groups in total. The monoisotopic (exact) mass is 533 g/mol. The van der Waals surface area contributed by atoms with Crippen LogP contribution in [0.25, 0.3) is 11.3 Å². The second-order valence-corrected chi connectivity index (χ2v) is 9.71. The average molecular weight is 534 g/mol. The first-order valence-corrected chi connectivity index (χ1v) is 13.4. The summed E-state index contributed by atoms with van der Waals surface area (Å²) in [6.45, 7) is 5.82. The fraction of sp³-hybridized carbons (Fsp3) is 0.414. The molecular weight excluding hydrogens is 498 g/mol. The molecule has 1 aliphatic carbocycles. The van der Waals surface area contributed by atoms with Gasteiger partial charge in [-0.25, -0.2) is 9.78 Å². The van der Waals surface area contributed by atoms with E-state index >= 15 is 0 Å². The molecule has 2 aromatic carbocycles. The molecule has 39 heavy (non-hydrogen) atoms. The summed E-state index contributed by atoms with van der Waals surface area (Å²) in [7, 11) is 0. The van der Waals surface area contributed by atoms with Crippen LogP contribution in [0, 0.1) is 0 Å². The van der Waals surface area contributed by atoms with Gasteiger partial charge in [0.05, 0.1) is 25.5 Å². The van der Waals surface area contributed by atoms with Gasteiger partial charge in [0.25, 0.3) is 0 Å². The third-order valence-electron chi connectivity index (χ3n) is 7.05. The maximum Gasteiger partial charge on any atom is 0.329 e. The predicted octanol–water partition coefficient (Wildman–Crippen LogP) is 2.64. The van der Waals surface area contributed by atoms with Gasteiger partial charge in [0, 0.05) is 43.9 Å². The van der Waals surface area contributed by atoms with Crippen LogP contribution in [-0.2, 0) is 33.7 Å². The third kappa shape index (κ3) is 7.03. The van der Waals surface area contributed by atoms with E-state index in [1.165, 1.54) is 5.56 Å². The van der Waals surface area contributed by atoms with Gasteiger partial charge in [-0.1, -0.05) is 30.3 Å². The molecule has 2 aliphatic rings. The van der Waals surface area contributed by atoms with Gasteiger partial charge in [-0.05, 0) is 42.2 Å². The number of rotatable bonds is 12. The number of aromatic nitrogens is 2. The Morgan fingerprint density at radius 1 is 0.949 bits per heavy atom. The molecule has 0 atom stereocenters. The van der Waals surface area contributed by atoms with Crippen LogP contribution >= 0.6 is 0 Å². The minimum Gasteiger partial charge on any atom is -0.489 e. The van der Waals surface area contributed by atoms with Crippen molar-refractivity contribution in [3.05, 3.63) is 65.2 Å². The Morgan fingerprint density at radius 2 is 1.74 bits per heavy atom. The number of nitrogens with two attached hydrogens (primary N) is 1. The van der Waals surface area contributed by atoms with Gasteiger partial charge in [-0.3, -0.25) is 4.90 Å². The summed E-state index contributed by atoms with van der Waals surface area (Å²) in [5, 5.41) is 8.58. The zero-order valence-corrected chi connectivity index (χ0v) is 22.1. The van der Waals surface area contributed by atoms with Crippen molar-refractivity contribution in [3.63, 3.8) is 0 Å². The van der Waals surface area contributed by atoms with Crippen LogP contribution in [0.2, 0.25) is 0 Å². The number of benzene rings is 2. The lowest BCUT2D eigenvalue weighted by molar-refractivity contribution is -0.142. The minimum absolute atomic E-state index is 0.283. The zero-order valence-electron chi connectivity index (χ0n) is 22.1. The number of ether oxygens (including phenoxy) is 3. The lowest BCUT2D eigenvalue weighted by atomic mass is 9.88. The summed E-state index contributed by atoms with van der Waals surface area (Å²) in [6.07, 6.45) is 1.76. The van der Waals surface area contributed by atoms with E-state index in [1.54, 1.807) is 0 Å². The van der Waals surface area contributed by atoms with Crippen molar-refractivity contribution in [2.45, 2.75) is 19.4 Å². The molecule has 10 heteroatoms. The van der Waals surface area contributed by atoms with Gasteiger partial charge < -0.3 is 30.0 Å². The van der Waals surface area contributed by atoms with Gasteiger partial charge in [-0.15, -0.1) is 0 Å². The first kappa shape index (κ1) is 26.9. The van der Waals surface area contributed by atoms with Crippen LogP contribution in [-0.4, -0.2) is 85.1 Å². The highest BCUT2D eigenvalue weighted by atomic mass is 16.5. The van der Waals surface area contributed by atoms with Gasteiger partial charge in [0.2, 0.25) is 5.95 Å². The SMILES string of the molecule is Nc1nc2c(c(N3CCN(CCOCCOCC(=O)O)CC3)n1)CCc1cc(OCc3ccccc3)ccc1-2. The lowest BCUT2D eigenvalue weighted by Gasteiger charge is -2.37. The molecule has 0 radical (unpaired) electrons. The normalized spacial score (nSPS) is 15.0. The number of piperazine rings is 1. The number of aryl methyl sites for hydroxylation is 1. The van der Waals surface area contributed by atoms with Crippen molar-refractivity contribution < 1.29 is 24.1 Å². The molecule has 0 unspecified atom stereocenters. The van der Waals surface area contributed by atoms with Gasteiger partial charge >= 0.3 is 5.97 Å². The van der Waals surface area contributed by atoms with Crippen LogP contribution in [0.3, 0.4) is 0 Å². The number of hydrogen-bond donors (Lipinski definition) is 2. The van der Waals surface area contributed by atoms with E-state index in [0.717, 1.165) is 79.5 Å². The topological polar surface area (TPSA) is 123 Å². The number of carboxylic acids is 1. The van der Waals surface area contributed by atoms with Crippen molar-refractivity contribution in [2.75, 3.05) is 69.8 Å². The van der Waals surface area contributed by atoms with Crippen LogP contribution in [0.5, 0.6) is 5.75 Å². The molecule has 1 aromatic heterocycles. The largest absolute Gasteiger partial charge is 0.489 e. The first-order chi connectivity index (χ1) is 19.1. The molecular formula is C29H35N5O5. The predicted molar refractivity (Wildman–Crippen MR) is 148 cm³/mol. The Morgan fingerprint density at radius 3 is 2.54 bits per heavy atom. The Balaban J connectivity index is 1.17. The Bertz CT molecular complexity index is 1260. The second-order valence-electron chi connectivity index (χ2n) is 9.71. The molecule has 10 nitrogen and oxygen atoms in total. The molecule has 0 bridgehead atoms. The third-order valence-corrected chi connectivity index (χ3v) is 7.05. The van der Waals surface area contributed by atoms with Crippen LogP contribution in [0.15, 0.2) is 48.5 Å². The summed E-state index contributed by atoms with van der Waals surface area (Å²) in [6, 6.07) is 16.4. The summed E-state index contributed by atoms with van der Waals surface area (Å²) < 4.78 is 16.6. The Labute approximate surface area is 228 Å². The van der Waals surface area contributed by atoms with E-state index in [-0.39, 0.29) is 13.2 Å². The first-order valence-electron chi connectivity index (χ1n) is 13.4. The Kier molecular flexibility index (Phi) is 8.87. The van der Waals surface area contributed by atoms with Crippen molar-refractivity contribution in [1.29, 1.82) is 0 Å². The van der Waals surface area contributed by atoms with E-state index in [2.05, 4.69) is 44.0 Å². The molecule has 1 saturated heterocycles. The van der Waals surface area contributed by atoms with Gasteiger partial charge in [0.1, 0.15) is 24.8 Å². The smallest absolute Gasteiger partial charge is 0.329 e. The standard InChI is InChI=1S/C29H35N5O5/c30-29-31-27-24-9-7-23(39-19-21-4-2-1-3-5-21)18-22(24)6-8-25(27)28(32-29)34-12-10-33(11-13-34)14-15-37-16-17-38-20-26(35)36/h1-5,7,9,18H,6,8,10-17,19-20H2,(H,35,36)(H2,30,31,32). The number of nitrogens with zero attached hydrogens (tertiary/aromatic N) is 4. The molecule has 206 valence electrons. The van der Waals surface area contributed by atoms with Crippen molar-refractivity contribution in [1.82, 2.24) is 14.9 Å². The van der Waals surface area contributed by atoms with Gasteiger partial charge in [0.15, 0.2) is 0 Å². The lowest BCUT2D eigenvalue weighted by Crippen LogP contribution is -2.48. The van der Waals surface area contributed by atoms with Crippen LogP contribution in [0.4, 0.5) is 11.8 Å². The number of hydrogen-bond acceptors (Lipinski definition) is 9. The summed E-state index contributed by atoms with van der Waals surface area (Å²) >= 11 is 0. The number of fused-ring (bicyclic) bond motifs is 3. The summed E-state index contributed by atoms with van der Waals surface area (Å²) in [4.78, 5) is 24.5.